The lowest BCUT2D eigenvalue weighted by atomic mass is 9.62. The molecule has 4 nitrogen and oxygen atoms in total. The minimum Gasteiger partial charge on any atom is -0.339 e. The lowest BCUT2D eigenvalue weighted by Crippen LogP contribution is -2.53. The Labute approximate surface area is 173 Å². The van der Waals surface area contributed by atoms with Gasteiger partial charge in [-0.05, 0) is 50.0 Å². The summed E-state index contributed by atoms with van der Waals surface area (Å²) >= 11 is 0. The molecule has 2 fully saturated rings. The number of hydrogen-bond acceptors (Lipinski definition) is 3. The molecule has 4 rings (SSSR count). The van der Waals surface area contributed by atoms with E-state index in [0.717, 1.165) is 37.1 Å². The molecule has 152 valence electrons. The van der Waals surface area contributed by atoms with E-state index in [1.54, 1.807) is 6.08 Å². The highest BCUT2D eigenvalue weighted by molar-refractivity contribution is 5.67. The van der Waals surface area contributed by atoms with Crippen molar-refractivity contribution in [1.82, 2.24) is 9.78 Å². The maximum atomic E-state index is 6.55. The first-order chi connectivity index (χ1) is 14.0. The lowest BCUT2D eigenvalue weighted by Gasteiger charge is -2.51. The molecule has 1 saturated heterocycles. The van der Waals surface area contributed by atoms with E-state index in [-0.39, 0.29) is 17.6 Å². The van der Waals surface area contributed by atoms with Crippen LogP contribution in [0.1, 0.15) is 44.4 Å². The molecule has 0 N–H and O–H groups in total. The highest BCUT2D eigenvalue weighted by Gasteiger charge is 2.61. The smallest absolute Gasteiger partial charge is 0.179 e. The highest BCUT2D eigenvalue weighted by atomic mass is 16.8. The Morgan fingerprint density at radius 3 is 2.59 bits per heavy atom. The van der Waals surface area contributed by atoms with Crippen molar-refractivity contribution in [3.8, 4) is 0 Å². The fraction of sp³-hybridized carbons (Fsp3) is 0.400. The summed E-state index contributed by atoms with van der Waals surface area (Å²) in [5.74, 6) is -0.655. The van der Waals surface area contributed by atoms with E-state index < -0.39 is 5.79 Å². The summed E-state index contributed by atoms with van der Waals surface area (Å²) in [6, 6.07) is 0. The first kappa shape index (κ1) is 19.9. The number of ether oxygens (including phenoxy) is 2. The lowest BCUT2D eigenvalue weighted by molar-refractivity contribution is -0.243. The number of fused-ring (bicyclic) bond motifs is 3. The third-order valence-corrected chi connectivity index (χ3v) is 6.55. The minimum atomic E-state index is -0.655. The first-order valence-corrected chi connectivity index (χ1v) is 10.4. The third-order valence-electron chi connectivity index (χ3n) is 6.55. The quantitative estimate of drug-likeness (QED) is 0.494. The van der Waals surface area contributed by atoms with Crippen molar-refractivity contribution in [3.05, 3.63) is 79.2 Å². The van der Waals surface area contributed by atoms with Crippen LogP contribution in [0.15, 0.2) is 68.0 Å². The molecule has 0 bridgehead atoms. The van der Waals surface area contributed by atoms with Crippen LogP contribution >= 0.6 is 0 Å². The van der Waals surface area contributed by atoms with Crippen molar-refractivity contribution in [2.75, 3.05) is 0 Å². The summed E-state index contributed by atoms with van der Waals surface area (Å²) in [4.78, 5) is 0. The summed E-state index contributed by atoms with van der Waals surface area (Å²) in [6.07, 6.45) is 19.2. The normalized spacial score (nSPS) is 30.7. The van der Waals surface area contributed by atoms with Crippen LogP contribution in [0.4, 0.5) is 0 Å². The van der Waals surface area contributed by atoms with Gasteiger partial charge in [0.15, 0.2) is 5.79 Å². The van der Waals surface area contributed by atoms with Gasteiger partial charge in [0.2, 0.25) is 0 Å². The molecule has 1 aromatic rings. The molecule has 1 aromatic heterocycles. The van der Waals surface area contributed by atoms with Gasteiger partial charge in [-0.2, -0.15) is 5.10 Å². The van der Waals surface area contributed by atoms with Gasteiger partial charge in [-0.3, -0.25) is 0 Å². The average Bonchev–Trinajstić information content (AvgIpc) is 3.28. The zero-order valence-electron chi connectivity index (χ0n) is 17.4. The van der Waals surface area contributed by atoms with Crippen LogP contribution in [-0.2, 0) is 15.9 Å². The van der Waals surface area contributed by atoms with E-state index in [1.807, 2.05) is 42.1 Å². The molecule has 2 aliphatic carbocycles. The Kier molecular flexibility index (Phi) is 5.09. The average molecular weight is 391 g/mol. The van der Waals surface area contributed by atoms with E-state index >= 15 is 0 Å². The van der Waals surface area contributed by atoms with Gasteiger partial charge in [0.1, 0.15) is 12.2 Å². The topological polar surface area (TPSA) is 36.3 Å². The van der Waals surface area contributed by atoms with Gasteiger partial charge in [0, 0.05) is 11.8 Å². The highest BCUT2D eigenvalue weighted by Crippen LogP contribution is 2.58. The number of nitrogens with zero attached hydrogens (tertiary/aromatic N) is 2. The largest absolute Gasteiger partial charge is 0.339 e. The maximum absolute atomic E-state index is 6.55. The first-order valence-electron chi connectivity index (χ1n) is 10.4. The van der Waals surface area contributed by atoms with Crippen LogP contribution in [0.25, 0.3) is 11.8 Å². The summed E-state index contributed by atoms with van der Waals surface area (Å²) in [6.45, 7) is 16.0. The summed E-state index contributed by atoms with van der Waals surface area (Å²) in [5, 5.41) is 4.69. The van der Waals surface area contributed by atoms with Crippen LogP contribution < -0.4 is 0 Å². The van der Waals surface area contributed by atoms with E-state index in [0.29, 0.717) is 0 Å². The Bertz CT molecular complexity index is 917. The van der Waals surface area contributed by atoms with E-state index in [1.165, 1.54) is 11.1 Å². The zero-order valence-corrected chi connectivity index (χ0v) is 17.4. The van der Waals surface area contributed by atoms with E-state index in [9.17, 15) is 0 Å². The molecule has 0 amide bonds. The zero-order chi connectivity index (χ0) is 20.6. The monoisotopic (exact) mass is 390 g/mol. The standard InChI is InChI=1S/C25H30N2O2/c1-6-11-20(12-7-2)27-21-15-19-13-10-14-25(24(19,5)16-18(21)17-26-27)28-22(8-3)23(9-4)29-25/h6-9,11-12,15,17,22-23H,1,3-4,10,13-14,16H2,2,5H3/b12-7-,20-11+/t22-,23-,24?/m1/s1. The summed E-state index contributed by atoms with van der Waals surface area (Å²) in [5.41, 5.74) is 4.47. The molecule has 4 heteroatoms. The Morgan fingerprint density at radius 1 is 1.24 bits per heavy atom. The Morgan fingerprint density at radius 2 is 1.97 bits per heavy atom. The van der Waals surface area contributed by atoms with Crippen molar-refractivity contribution in [2.24, 2.45) is 5.41 Å². The number of hydrogen-bond donors (Lipinski definition) is 0. The Balaban J connectivity index is 1.78. The third kappa shape index (κ3) is 2.93. The fourth-order valence-electron chi connectivity index (χ4n) is 5.05. The molecule has 0 aromatic carbocycles. The SMILES string of the molecule is C=C/C=C(\C=C/C)n1ncc2c1C=C1CCCC3(O[C@H](C=C)[C@@H](C=C)O3)C1(C)C2. The van der Waals surface area contributed by atoms with Gasteiger partial charge < -0.3 is 9.47 Å². The minimum absolute atomic E-state index is 0.162. The number of rotatable bonds is 5. The van der Waals surface area contributed by atoms with Crippen LogP contribution in [0.2, 0.25) is 0 Å². The van der Waals surface area contributed by atoms with E-state index in [4.69, 9.17) is 14.6 Å². The van der Waals surface area contributed by atoms with E-state index in [2.05, 4.69) is 38.8 Å². The molecule has 2 heterocycles. The van der Waals surface area contributed by atoms with Gasteiger partial charge in [-0.1, -0.05) is 43.4 Å². The molecule has 1 unspecified atom stereocenters. The molecule has 1 spiro atoms. The van der Waals surface area contributed by atoms with Crippen molar-refractivity contribution >= 4 is 11.8 Å². The second-order valence-electron chi connectivity index (χ2n) is 8.22. The van der Waals surface area contributed by atoms with Crippen LogP contribution in [0.5, 0.6) is 0 Å². The predicted molar refractivity (Wildman–Crippen MR) is 118 cm³/mol. The molecule has 29 heavy (non-hydrogen) atoms. The molecular weight excluding hydrogens is 360 g/mol. The van der Waals surface area contributed by atoms with Crippen LogP contribution in [-0.4, -0.2) is 27.8 Å². The van der Waals surface area contributed by atoms with Crippen LogP contribution in [0.3, 0.4) is 0 Å². The van der Waals surface area contributed by atoms with Crippen molar-refractivity contribution in [2.45, 2.75) is 57.5 Å². The fourth-order valence-corrected chi connectivity index (χ4v) is 5.05. The second kappa shape index (κ2) is 7.43. The van der Waals surface area contributed by atoms with Crippen molar-refractivity contribution < 1.29 is 9.47 Å². The van der Waals surface area contributed by atoms with Gasteiger partial charge in [0.05, 0.1) is 17.6 Å². The molecule has 1 saturated carbocycles. The molecule has 0 radical (unpaired) electrons. The summed E-state index contributed by atoms with van der Waals surface area (Å²) in [7, 11) is 0. The molecular formula is C25H30N2O2. The summed E-state index contributed by atoms with van der Waals surface area (Å²) < 4.78 is 15.1. The van der Waals surface area contributed by atoms with Gasteiger partial charge in [0.25, 0.3) is 0 Å². The molecule has 3 atom stereocenters. The number of allylic oxidation sites excluding steroid dienone is 5. The van der Waals surface area contributed by atoms with Gasteiger partial charge in [-0.15, -0.1) is 13.2 Å². The molecule has 3 aliphatic rings. The molecule has 1 aliphatic heterocycles. The van der Waals surface area contributed by atoms with Crippen molar-refractivity contribution in [1.29, 1.82) is 0 Å². The van der Waals surface area contributed by atoms with Gasteiger partial charge in [-0.25, -0.2) is 4.68 Å². The Hall–Kier alpha value is -2.43. The second-order valence-corrected chi connectivity index (χ2v) is 8.22. The van der Waals surface area contributed by atoms with Gasteiger partial charge >= 0.3 is 0 Å². The number of aromatic nitrogens is 2. The maximum Gasteiger partial charge on any atom is 0.179 e. The predicted octanol–water partition coefficient (Wildman–Crippen LogP) is 5.47. The van der Waals surface area contributed by atoms with Crippen LogP contribution in [0, 0.1) is 5.41 Å². The van der Waals surface area contributed by atoms with Crippen molar-refractivity contribution in [3.63, 3.8) is 0 Å².